The Morgan fingerprint density at radius 3 is 2.61 bits per heavy atom. The molecule has 0 aliphatic carbocycles. The van der Waals surface area contributed by atoms with E-state index in [9.17, 15) is 0 Å². The molecule has 0 fully saturated rings. The second-order valence-electron chi connectivity index (χ2n) is 4.05. The maximum absolute atomic E-state index is 5.73. The third-order valence-corrected chi connectivity index (χ3v) is 3.09. The molecule has 0 unspecified atom stereocenters. The van der Waals surface area contributed by atoms with Gasteiger partial charge in [-0.2, -0.15) is 0 Å². The van der Waals surface area contributed by atoms with E-state index in [0.29, 0.717) is 6.61 Å². The first-order valence-corrected chi connectivity index (χ1v) is 6.73. The van der Waals surface area contributed by atoms with E-state index >= 15 is 0 Å². The average Bonchev–Trinajstić information content (AvgIpc) is 2.38. The minimum absolute atomic E-state index is 0.650. The number of para-hydroxylation sites is 1. The van der Waals surface area contributed by atoms with Gasteiger partial charge in [0.2, 0.25) is 0 Å². The standard InChI is InChI=1S/C15H16BrNO/c1-12-11-13(16)7-8-15(12)18-10-9-17-14-5-3-2-4-6-14/h2-8,11,17H,9-10H2,1H3. The van der Waals surface area contributed by atoms with Gasteiger partial charge in [0.25, 0.3) is 0 Å². The molecule has 0 saturated carbocycles. The van der Waals surface area contributed by atoms with Gasteiger partial charge in [-0.15, -0.1) is 0 Å². The predicted octanol–water partition coefficient (Wildman–Crippen LogP) is 4.25. The van der Waals surface area contributed by atoms with E-state index in [4.69, 9.17) is 4.74 Å². The van der Waals surface area contributed by atoms with E-state index in [1.807, 2.05) is 49.4 Å². The number of anilines is 1. The summed E-state index contributed by atoms with van der Waals surface area (Å²) in [6.07, 6.45) is 0. The molecule has 0 heterocycles. The summed E-state index contributed by atoms with van der Waals surface area (Å²) in [7, 11) is 0. The van der Waals surface area contributed by atoms with Gasteiger partial charge >= 0.3 is 0 Å². The Kier molecular flexibility index (Phi) is 4.65. The van der Waals surface area contributed by atoms with Crippen molar-refractivity contribution in [2.45, 2.75) is 6.92 Å². The molecule has 0 aliphatic heterocycles. The van der Waals surface area contributed by atoms with Crippen LogP contribution in [0.15, 0.2) is 53.0 Å². The van der Waals surface area contributed by atoms with E-state index in [0.717, 1.165) is 28.0 Å². The normalized spacial score (nSPS) is 10.1. The van der Waals surface area contributed by atoms with Crippen molar-refractivity contribution in [3.05, 3.63) is 58.6 Å². The topological polar surface area (TPSA) is 21.3 Å². The van der Waals surface area contributed by atoms with Gasteiger partial charge in [-0.1, -0.05) is 34.1 Å². The zero-order valence-corrected chi connectivity index (χ0v) is 11.9. The van der Waals surface area contributed by atoms with Crippen molar-refractivity contribution < 1.29 is 4.74 Å². The molecular weight excluding hydrogens is 290 g/mol. The summed E-state index contributed by atoms with van der Waals surface area (Å²) in [5, 5.41) is 3.31. The summed E-state index contributed by atoms with van der Waals surface area (Å²) in [5.41, 5.74) is 2.26. The molecule has 0 bridgehead atoms. The summed E-state index contributed by atoms with van der Waals surface area (Å²) in [6.45, 7) is 3.49. The number of hydrogen-bond donors (Lipinski definition) is 1. The van der Waals surface area contributed by atoms with Crippen LogP contribution in [0, 0.1) is 6.92 Å². The van der Waals surface area contributed by atoms with Crippen LogP contribution < -0.4 is 10.1 Å². The van der Waals surface area contributed by atoms with E-state index < -0.39 is 0 Å². The summed E-state index contributed by atoms with van der Waals surface area (Å²) >= 11 is 3.44. The zero-order valence-electron chi connectivity index (χ0n) is 10.3. The van der Waals surface area contributed by atoms with Crippen molar-refractivity contribution in [3.63, 3.8) is 0 Å². The molecule has 1 N–H and O–H groups in total. The Bertz CT molecular complexity index is 499. The quantitative estimate of drug-likeness (QED) is 0.834. The lowest BCUT2D eigenvalue weighted by Crippen LogP contribution is -2.11. The Morgan fingerprint density at radius 2 is 1.89 bits per heavy atom. The van der Waals surface area contributed by atoms with Crippen LogP contribution in [0.1, 0.15) is 5.56 Å². The van der Waals surface area contributed by atoms with Crippen LogP contribution in [0.5, 0.6) is 5.75 Å². The lowest BCUT2D eigenvalue weighted by molar-refractivity contribution is 0.330. The first kappa shape index (κ1) is 13.0. The van der Waals surface area contributed by atoms with Gasteiger partial charge in [-0.05, 0) is 42.8 Å². The molecule has 0 spiro atoms. The smallest absolute Gasteiger partial charge is 0.122 e. The molecule has 0 saturated heterocycles. The fraction of sp³-hybridized carbons (Fsp3) is 0.200. The SMILES string of the molecule is Cc1cc(Br)ccc1OCCNc1ccccc1. The lowest BCUT2D eigenvalue weighted by Gasteiger charge is -2.10. The van der Waals surface area contributed by atoms with E-state index in [-0.39, 0.29) is 0 Å². The summed E-state index contributed by atoms with van der Waals surface area (Å²) < 4.78 is 6.81. The molecule has 2 aromatic carbocycles. The van der Waals surface area contributed by atoms with Crippen molar-refractivity contribution in [2.24, 2.45) is 0 Å². The Balaban J connectivity index is 1.79. The molecule has 0 amide bonds. The maximum atomic E-state index is 5.73. The minimum Gasteiger partial charge on any atom is -0.491 e. The molecule has 0 aromatic heterocycles. The van der Waals surface area contributed by atoms with Crippen LogP contribution >= 0.6 is 15.9 Å². The summed E-state index contributed by atoms with van der Waals surface area (Å²) in [4.78, 5) is 0. The van der Waals surface area contributed by atoms with Crippen LogP contribution in [-0.2, 0) is 0 Å². The summed E-state index contributed by atoms with van der Waals surface area (Å²) in [6, 6.07) is 16.2. The Hall–Kier alpha value is -1.48. The fourth-order valence-electron chi connectivity index (χ4n) is 1.69. The fourth-order valence-corrected chi connectivity index (χ4v) is 2.16. The van der Waals surface area contributed by atoms with Crippen molar-refractivity contribution in [3.8, 4) is 5.75 Å². The third kappa shape index (κ3) is 3.77. The number of benzene rings is 2. The second-order valence-corrected chi connectivity index (χ2v) is 4.97. The monoisotopic (exact) mass is 305 g/mol. The van der Waals surface area contributed by atoms with Gasteiger partial charge in [0, 0.05) is 16.7 Å². The molecule has 3 heteroatoms. The van der Waals surface area contributed by atoms with Gasteiger partial charge in [0.15, 0.2) is 0 Å². The molecular formula is C15H16BrNO. The maximum Gasteiger partial charge on any atom is 0.122 e. The van der Waals surface area contributed by atoms with Gasteiger partial charge < -0.3 is 10.1 Å². The molecule has 94 valence electrons. The highest BCUT2D eigenvalue weighted by molar-refractivity contribution is 9.10. The Morgan fingerprint density at radius 1 is 1.11 bits per heavy atom. The highest BCUT2D eigenvalue weighted by Gasteiger charge is 1.99. The minimum atomic E-state index is 0.650. The summed E-state index contributed by atoms with van der Waals surface area (Å²) in [5.74, 6) is 0.938. The van der Waals surface area contributed by atoms with Crippen LogP contribution in [0.25, 0.3) is 0 Å². The van der Waals surface area contributed by atoms with Gasteiger partial charge in [0.1, 0.15) is 12.4 Å². The third-order valence-electron chi connectivity index (χ3n) is 2.60. The molecule has 0 atom stereocenters. The molecule has 2 rings (SSSR count). The van der Waals surface area contributed by atoms with Crippen LogP contribution in [0.2, 0.25) is 0 Å². The first-order chi connectivity index (χ1) is 8.75. The highest BCUT2D eigenvalue weighted by atomic mass is 79.9. The van der Waals surface area contributed by atoms with Crippen molar-refractivity contribution in [2.75, 3.05) is 18.5 Å². The highest BCUT2D eigenvalue weighted by Crippen LogP contribution is 2.21. The van der Waals surface area contributed by atoms with E-state index in [1.165, 1.54) is 0 Å². The number of hydrogen-bond acceptors (Lipinski definition) is 2. The predicted molar refractivity (Wildman–Crippen MR) is 79.3 cm³/mol. The van der Waals surface area contributed by atoms with E-state index in [1.54, 1.807) is 0 Å². The number of nitrogens with one attached hydrogen (secondary N) is 1. The van der Waals surface area contributed by atoms with Crippen LogP contribution in [-0.4, -0.2) is 13.2 Å². The van der Waals surface area contributed by atoms with Crippen molar-refractivity contribution in [1.82, 2.24) is 0 Å². The molecule has 2 nitrogen and oxygen atoms in total. The van der Waals surface area contributed by atoms with Crippen molar-refractivity contribution >= 4 is 21.6 Å². The first-order valence-electron chi connectivity index (χ1n) is 5.93. The number of rotatable bonds is 5. The lowest BCUT2D eigenvalue weighted by atomic mass is 10.2. The van der Waals surface area contributed by atoms with Crippen LogP contribution in [0.4, 0.5) is 5.69 Å². The van der Waals surface area contributed by atoms with Crippen molar-refractivity contribution in [1.29, 1.82) is 0 Å². The Labute approximate surface area is 116 Å². The van der Waals surface area contributed by atoms with Gasteiger partial charge in [-0.25, -0.2) is 0 Å². The number of ether oxygens (including phenoxy) is 1. The van der Waals surface area contributed by atoms with Gasteiger partial charge in [0.05, 0.1) is 0 Å². The molecule has 0 radical (unpaired) electrons. The number of halogens is 1. The number of aryl methyl sites for hydroxylation is 1. The molecule has 0 aliphatic rings. The molecule has 2 aromatic rings. The van der Waals surface area contributed by atoms with Crippen LogP contribution in [0.3, 0.4) is 0 Å². The zero-order chi connectivity index (χ0) is 12.8. The second kappa shape index (κ2) is 6.45. The molecule has 18 heavy (non-hydrogen) atoms. The van der Waals surface area contributed by atoms with E-state index in [2.05, 4.69) is 27.3 Å². The largest absolute Gasteiger partial charge is 0.491 e. The average molecular weight is 306 g/mol. The van der Waals surface area contributed by atoms with Gasteiger partial charge in [-0.3, -0.25) is 0 Å².